The summed E-state index contributed by atoms with van der Waals surface area (Å²) < 4.78 is 71.1. The van der Waals surface area contributed by atoms with E-state index in [0.29, 0.717) is 0 Å². The molecule has 1 aliphatic rings. The molecule has 0 aromatic carbocycles. The number of nitrogens with zero attached hydrogens (tertiary/aromatic N) is 2. The Hall–Kier alpha value is -0.500. The van der Waals surface area contributed by atoms with Crippen LogP contribution in [0.15, 0.2) is 0 Å². The lowest BCUT2D eigenvalue weighted by Crippen LogP contribution is -2.41. The van der Waals surface area contributed by atoms with Gasteiger partial charge in [0, 0.05) is 13.1 Å². The lowest BCUT2D eigenvalue weighted by atomic mass is 10.6. The van der Waals surface area contributed by atoms with E-state index in [1.807, 2.05) is 0 Å². The van der Waals surface area contributed by atoms with Crippen LogP contribution in [-0.4, -0.2) is 42.2 Å². The first-order valence-electron chi connectivity index (χ1n) is 3.35. The summed E-state index contributed by atoms with van der Waals surface area (Å²) in [7, 11) is 0. The van der Waals surface area contributed by atoms with Gasteiger partial charge >= 0.3 is 12.6 Å². The van der Waals surface area contributed by atoms with E-state index in [2.05, 4.69) is 0 Å². The number of halogens is 6. The first kappa shape index (κ1) is 10.6. The van der Waals surface area contributed by atoms with Gasteiger partial charge in [0.25, 0.3) is 0 Å². The molecule has 0 saturated carbocycles. The molecule has 1 rings (SSSR count). The van der Waals surface area contributed by atoms with Crippen LogP contribution in [0.3, 0.4) is 0 Å². The third-order valence-corrected chi connectivity index (χ3v) is 1.70. The molecule has 0 radical (unpaired) electrons. The van der Waals surface area contributed by atoms with Gasteiger partial charge in [0.05, 0.1) is 6.67 Å². The molecule has 78 valence electrons. The summed E-state index contributed by atoms with van der Waals surface area (Å²) in [6, 6.07) is 0. The first-order chi connectivity index (χ1) is 5.71. The van der Waals surface area contributed by atoms with E-state index in [0.717, 1.165) is 0 Å². The van der Waals surface area contributed by atoms with Crippen molar-refractivity contribution in [3.8, 4) is 0 Å². The van der Waals surface area contributed by atoms with Crippen molar-refractivity contribution in [1.29, 1.82) is 0 Å². The van der Waals surface area contributed by atoms with Crippen molar-refractivity contribution in [2.75, 3.05) is 19.8 Å². The van der Waals surface area contributed by atoms with Crippen LogP contribution in [0.25, 0.3) is 0 Å². The van der Waals surface area contributed by atoms with E-state index < -0.39 is 32.4 Å². The fourth-order valence-electron chi connectivity index (χ4n) is 1.00. The summed E-state index contributed by atoms with van der Waals surface area (Å²) in [4.78, 5) is -0.360. The molecule has 0 N–H and O–H groups in total. The highest BCUT2D eigenvalue weighted by Crippen LogP contribution is 2.30. The third kappa shape index (κ3) is 2.47. The molecule has 1 aliphatic heterocycles. The molecule has 1 heterocycles. The van der Waals surface area contributed by atoms with Crippen LogP contribution in [0.4, 0.5) is 26.3 Å². The zero-order valence-electron chi connectivity index (χ0n) is 6.28. The minimum Gasteiger partial charge on any atom is -0.200 e. The maximum atomic E-state index is 11.9. The Morgan fingerprint density at radius 2 is 1.00 bits per heavy atom. The van der Waals surface area contributed by atoms with Gasteiger partial charge in [-0.2, -0.15) is 36.1 Å². The average Bonchev–Trinajstić information content (AvgIpc) is 2.28. The van der Waals surface area contributed by atoms with Crippen LogP contribution in [0.1, 0.15) is 0 Å². The summed E-state index contributed by atoms with van der Waals surface area (Å²) in [5.41, 5.74) is 0. The predicted molar refractivity (Wildman–Crippen MR) is 30.4 cm³/mol. The van der Waals surface area contributed by atoms with Crippen LogP contribution in [0.5, 0.6) is 0 Å². The molecule has 0 aromatic rings. The molecule has 1 saturated heterocycles. The highest BCUT2D eigenvalue weighted by molar-refractivity contribution is 4.74. The molecule has 0 unspecified atom stereocenters. The van der Waals surface area contributed by atoms with Crippen molar-refractivity contribution < 1.29 is 26.3 Å². The van der Waals surface area contributed by atoms with E-state index in [-0.39, 0.29) is 9.80 Å². The topological polar surface area (TPSA) is 6.48 Å². The molecule has 0 aliphatic carbocycles. The Labute approximate surface area is 69.7 Å². The Bertz CT molecular complexity index is 164. The molecule has 0 spiro atoms. The molecule has 1 fully saturated rings. The van der Waals surface area contributed by atoms with Gasteiger partial charge in [0.2, 0.25) is 0 Å². The molecule has 0 bridgehead atoms. The zero-order valence-corrected chi connectivity index (χ0v) is 6.28. The number of hydrogen-bond donors (Lipinski definition) is 0. The molecule has 0 amide bonds. The summed E-state index contributed by atoms with van der Waals surface area (Å²) in [5.74, 6) is 0. The van der Waals surface area contributed by atoms with Gasteiger partial charge in [0.15, 0.2) is 0 Å². The summed E-state index contributed by atoms with van der Waals surface area (Å²) in [6.45, 7) is -2.40. The quantitative estimate of drug-likeness (QED) is 0.440. The maximum Gasteiger partial charge on any atom is 0.461 e. The minimum atomic E-state index is -4.68. The van der Waals surface area contributed by atoms with E-state index in [1.165, 1.54) is 0 Å². The minimum absolute atomic E-state index is 0.180. The highest BCUT2D eigenvalue weighted by atomic mass is 19.4. The van der Waals surface area contributed by atoms with E-state index in [1.54, 1.807) is 0 Å². The monoisotopic (exact) mass is 208 g/mol. The summed E-state index contributed by atoms with van der Waals surface area (Å²) in [6.07, 6.45) is -9.36. The highest BCUT2D eigenvalue weighted by Gasteiger charge is 2.48. The molecule has 8 heteroatoms. The smallest absolute Gasteiger partial charge is 0.200 e. The summed E-state index contributed by atoms with van der Waals surface area (Å²) in [5, 5.41) is 0. The van der Waals surface area contributed by atoms with E-state index in [4.69, 9.17) is 0 Å². The van der Waals surface area contributed by atoms with Crippen molar-refractivity contribution in [2.24, 2.45) is 0 Å². The molecule has 0 atom stereocenters. The van der Waals surface area contributed by atoms with Crippen molar-refractivity contribution in [3.63, 3.8) is 0 Å². The number of alkyl halides is 6. The Kier molecular flexibility index (Phi) is 2.46. The van der Waals surface area contributed by atoms with Gasteiger partial charge in [-0.15, -0.1) is 0 Å². The van der Waals surface area contributed by atoms with Crippen LogP contribution in [-0.2, 0) is 0 Å². The van der Waals surface area contributed by atoms with Gasteiger partial charge < -0.3 is 0 Å². The van der Waals surface area contributed by atoms with Crippen LogP contribution >= 0.6 is 0 Å². The normalized spacial score (nSPS) is 22.6. The largest absolute Gasteiger partial charge is 0.461 e. The van der Waals surface area contributed by atoms with Gasteiger partial charge in [-0.3, -0.25) is 0 Å². The Morgan fingerprint density at radius 1 is 0.692 bits per heavy atom. The molecule has 13 heavy (non-hydrogen) atoms. The third-order valence-electron chi connectivity index (χ3n) is 1.70. The fraction of sp³-hybridized carbons (Fsp3) is 1.00. The second-order valence-corrected chi connectivity index (χ2v) is 2.60. The lowest BCUT2D eigenvalue weighted by molar-refractivity contribution is -0.271. The van der Waals surface area contributed by atoms with Gasteiger partial charge in [-0.05, 0) is 0 Å². The van der Waals surface area contributed by atoms with Crippen molar-refractivity contribution in [3.05, 3.63) is 0 Å². The van der Waals surface area contributed by atoms with Crippen LogP contribution in [0.2, 0.25) is 0 Å². The molecule has 2 nitrogen and oxygen atoms in total. The summed E-state index contributed by atoms with van der Waals surface area (Å²) >= 11 is 0. The second kappa shape index (κ2) is 3.02. The van der Waals surface area contributed by atoms with Crippen LogP contribution in [0, 0.1) is 0 Å². The van der Waals surface area contributed by atoms with Gasteiger partial charge in [0.1, 0.15) is 0 Å². The van der Waals surface area contributed by atoms with Gasteiger partial charge in [-0.1, -0.05) is 0 Å². The van der Waals surface area contributed by atoms with E-state index >= 15 is 0 Å². The predicted octanol–water partition coefficient (Wildman–Crippen LogP) is 1.60. The Balaban J connectivity index is 2.55. The lowest BCUT2D eigenvalue weighted by Gasteiger charge is -2.21. The standard InChI is InChI=1S/C5H6F6N2/c6-4(7,8)12-1-2-13(3-12)5(9,10)11/h1-3H2. The van der Waals surface area contributed by atoms with Crippen molar-refractivity contribution in [1.82, 2.24) is 9.80 Å². The first-order valence-corrected chi connectivity index (χ1v) is 3.35. The van der Waals surface area contributed by atoms with Crippen molar-refractivity contribution in [2.45, 2.75) is 12.6 Å². The van der Waals surface area contributed by atoms with E-state index in [9.17, 15) is 26.3 Å². The van der Waals surface area contributed by atoms with Crippen LogP contribution < -0.4 is 0 Å². The second-order valence-electron chi connectivity index (χ2n) is 2.60. The SMILES string of the molecule is FC(F)(F)N1CCN(C(F)(F)F)C1. The average molecular weight is 208 g/mol. The fourth-order valence-corrected chi connectivity index (χ4v) is 1.00. The maximum absolute atomic E-state index is 11.9. The van der Waals surface area contributed by atoms with Crippen molar-refractivity contribution >= 4 is 0 Å². The Morgan fingerprint density at radius 3 is 1.15 bits per heavy atom. The molecular formula is C5H6F6N2. The zero-order chi connectivity index (χ0) is 10.3. The number of hydrogen-bond acceptors (Lipinski definition) is 2. The molecular weight excluding hydrogens is 202 g/mol. The molecule has 0 aromatic heterocycles. The number of rotatable bonds is 0. The van der Waals surface area contributed by atoms with Gasteiger partial charge in [-0.25, -0.2) is 0 Å².